The Bertz CT molecular complexity index is 422. The zero-order chi connectivity index (χ0) is 13.9. The molecule has 1 atom stereocenters. The summed E-state index contributed by atoms with van der Waals surface area (Å²) in [4.78, 5) is 0. The van der Waals surface area contributed by atoms with E-state index in [4.69, 9.17) is 10.5 Å². The molecule has 0 spiro atoms. The molecule has 2 N–H and O–H groups in total. The van der Waals surface area contributed by atoms with Crippen molar-refractivity contribution in [1.29, 1.82) is 0 Å². The number of thioether (sulfide) groups is 1. The molecule has 0 aliphatic rings. The van der Waals surface area contributed by atoms with Gasteiger partial charge in [-0.25, -0.2) is 0 Å². The molecule has 0 aliphatic heterocycles. The minimum Gasteiger partial charge on any atom is -0.493 e. The van der Waals surface area contributed by atoms with Crippen LogP contribution in [0.2, 0.25) is 0 Å². The first kappa shape index (κ1) is 15.9. The molecule has 19 heavy (non-hydrogen) atoms. The smallest absolute Gasteiger partial charge is 0.120 e. The molecule has 0 fully saturated rings. The summed E-state index contributed by atoms with van der Waals surface area (Å²) in [5.74, 6) is 9.77. The quantitative estimate of drug-likeness (QED) is 0.614. The third-order valence-electron chi connectivity index (χ3n) is 2.76. The molecule has 1 aromatic rings. The first-order chi connectivity index (χ1) is 9.26. The molecule has 0 saturated heterocycles. The Labute approximate surface area is 121 Å². The Morgan fingerprint density at radius 3 is 3.00 bits per heavy atom. The highest BCUT2D eigenvalue weighted by atomic mass is 32.2. The predicted molar refractivity (Wildman–Crippen MR) is 84.6 cm³/mol. The van der Waals surface area contributed by atoms with Crippen LogP contribution < -0.4 is 10.5 Å². The van der Waals surface area contributed by atoms with E-state index in [2.05, 4.69) is 25.7 Å². The van der Waals surface area contributed by atoms with E-state index in [0.29, 0.717) is 6.54 Å². The van der Waals surface area contributed by atoms with Crippen LogP contribution in [0.3, 0.4) is 0 Å². The van der Waals surface area contributed by atoms with E-state index in [9.17, 15) is 0 Å². The Morgan fingerprint density at radius 2 is 2.26 bits per heavy atom. The maximum Gasteiger partial charge on any atom is 0.120 e. The van der Waals surface area contributed by atoms with Crippen LogP contribution >= 0.6 is 11.8 Å². The highest BCUT2D eigenvalue weighted by molar-refractivity contribution is 7.99. The van der Waals surface area contributed by atoms with Crippen LogP contribution in [0.15, 0.2) is 24.3 Å². The molecule has 0 heterocycles. The van der Waals surface area contributed by atoms with Crippen molar-refractivity contribution in [3.63, 3.8) is 0 Å². The van der Waals surface area contributed by atoms with Crippen LogP contribution in [0.25, 0.3) is 0 Å². The number of rotatable bonds is 7. The van der Waals surface area contributed by atoms with E-state index in [1.54, 1.807) is 0 Å². The normalized spacial score (nSPS) is 11.5. The lowest BCUT2D eigenvalue weighted by atomic mass is 10.2. The summed E-state index contributed by atoms with van der Waals surface area (Å²) in [6, 6.07) is 7.85. The number of hydrogen-bond acceptors (Lipinski definition) is 3. The van der Waals surface area contributed by atoms with Crippen LogP contribution in [0.4, 0.5) is 0 Å². The number of benzene rings is 1. The summed E-state index contributed by atoms with van der Waals surface area (Å²) < 4.78 is 5.72. The minimum absolute atomic E-state index is 0.386. The van der Waals surface area contributed by atoms with Crippen molar-refractivity contribution in [2.45, 2.75) is 20.3 Å². The second-order valence-corrected chi connectivity index (χ2v) is 5.62. The second kappa shape index (κ2) is 9.77. The van der Waals surface area contributed by atoms with Gasteiger partial charge < -0.3 is 10.5 Å². The van der Waals surface area contributed by atoms with Gasteiger partial charge in [0.25, 0.3) is 0 Å². The zero-order valence-corrected chi connectivity index (χ0v) is 12.6. The average Bonchev–Trinajstić information content (AvgIpc) is 2.45. The molecule has 104 valence electrons. The fraction of sp³-hybridized carbons (Fsp3) is 0.500. The number of ether oxygens (including phenoxy) is 1. The van der Waals surface area contributed by atoms with Crippen molar-refractivity contribution in [3.05, 3.63) is 29.8 Å². The molecular formula is C16H23NOS. The van der Waals surface area contributed by atoms with E-state index in [-0.39, 0.29) is 0 Å². The zero-order valence-electron chi connectivity index (χ0n) is 11.8. The molecule has 1 aromatic carbocycles. The summed E-state index contributed by atoms with van der Waals surface area (Å²) in [6.07, 6.45) is 1.25. The molecule has 0 aliphatic carbocycles. The highest BCUT2D eigenvalue weighted by Crippen LogP contribution is 2.14. The molecule has 1 unspecified atom stereocenters. The van der Waals surface area contributed by atoms with Gasteiger partial charge in [0.15, 0.2) is 0 Å². The van der Waals surface area contributed by atoms with Gasteiger partial charge in [0.2, 0.25) is 0 Å². The van der Waals surface area contributed by atoms with Crippen LogP contribution in [0.1, 0.15) is 25.8 Å². The lowest BCUT2D eigenvalue weighted by Gasteiger charge is -2.09. The number of hydrogen-bond donors (Lipinski definition) is 1. The van der Waals surface area contributed by atoms with Gasteiger partial charge in [0.1, 0.15) is 5.75 Å². The predicted octanol–water partition coefficient (Wildman–Crippen LogP) is 3.15. The van der Waals surface area contributed by atoms with Gasteiger partial charge in [-0.2, -0.15) is 11.8 Å². The Hall–Kier alpha value is -1.11. The van der Waals surface area contributed by atoms with E-state index < -0.39 is 0 Å². The van der Waals surface area contributed by atoms with Crippen LogP contribution in [0.5, 0.6) is 5.75 Å². The van der Waals surface area contributed by atoms with E-state index in [0.717, 1.165) is 29.6 Å². The molecule has 3 heteroatoms. The fourth-order valence-corrected chi connectivity index (χ4v) is 2.44. The molecule has 0 bridgehead atoms. The molecule has 0 amide bonds. The lowest BCUT2D eigenvalue weighted by Crippen LogP contribution is -2.03. The van der Waals surface area contributed by atoms with Crippen LogP contribution in [-0.4, -0.2) is 24.7 Å². The summed E-state index contributed by atoms with van der Waals surface area (Å²) in [6.45, 7) is 5.65. The Balaban J connectivity index is 2.29. The summed E-state index contributed by atoms with van der Waals surface area (Å²) in [5.41, 5.74) is 6.31. The maximum absolute atomic E-state index is 5.72. The summed E-state index contributed by atoms with van der Waals surface area (Å²) in [5, 5.41) is 0. The van der Waals surface area contributed by atoms with Crippen molar-refractivity contribution >= 4 is 11.8 Å². The van der Waals surface area contributed by atoms with Gasteiger partial charge in [-0.15, -0.1) is 0 Å². The van der Waals surface area contributed by atoms with E-state index in [1.807, 2.05) is 36.0 Å². The molecule has 0 radical (unpaired) electrons. The van der Waals surface area contributed by atoms with Gasteiger partial charge in [-0.3, -0.25) is 0 Å². The Kier molecular flexibility index (Phi) is 8.20. The van der Waals surface area contributed by atoms with Crippen molar-refractivity contribution in [1.82, 2.24) is 0 Å². The monoisotopic (exact) mass is 277 g/mol. The van der Waals surface area contributed by atoms with Crippen LogP contribution in [-0.2, 0) is 0 Å². The molecule has 1 rings (SSSR count). The van der Waals surface area contributed by atoms with Crippen molar-refractivity contribution in [2.24, 2.45) is 11.7 Å². The van der Waals surface area contributed by atoms with Gasteiger partial charge in [0, 0.05) is 11.3 Å². The SMILES string of the molecule is CCC(C)CSCCOc1cccc(C#CCN)c1. The maximum atomic E-state index is 5.72. The summed E-state index contributed by atoms with van der Waals surface area (Å²) >= 11 is 1.95. The average molecular weight is 277 g/mol. The topological polar surface area (TPSA) is 35.2 Å². The lowest BCUT2D eigenvalue weighted by molar-refractivity contribution is 0.344. The van der Waals surface area contributed by atoms with E-state index >= 15 is 0 Å². The van der Waals surface area contributed by atoms with Gasteiger partial charge in [0.05, 0.1) is 13.2 Å². The standard InChI is InChI=1S/C16H23NOS/c1-3-14(2)13-19-11-10-18-16-8-4-6-15(12-16)7-5-9-17/h4,6,8,12,14H,3,9-11,13,17H2,1-2H3. The van der Waals surface area contributed by atoms with Gasteiger partial charge in [-0.1, -0.05) is 38.2 Å². The van der Waals surface area contributed by atoms with Gasteiger partial charge >= 0.3 is 0 Å². The number of nitrogens with two attached hydrogens (primary N) is 1. The minimum atomic E-state index is 0.386. The van der Waals surface area contributed by atoms with Crippen molar-refractivity contribution in [2.75, 3.05) is 24.7 Å². The first-order valence-electron chi connectivity index (χ1n) is 6.75. The third-order valence-corrected chi connectivity index (χ3v) is 4.02. The highest BCUT2D eigenvalue weighted by Gasteiger charge is 1.99. The molecule has 0 aromatic heterocycles. The van der Waals surface area contributed by atoms with Crippen LogP contribution in [0, 0.1) is 17.8 Å². The van der Waals surface area contributed by atoms with Gasteiger partial charge in [-0.05, 0) is 29.9 Å². The summed E-state index contributed by atoms with van der Waals surface area (Å²) in [7, 11) is 0. The largest absolute Gasteiger partial charge is 0.493 e. The first-order valence-corrected chi connectivity index (χ1v) is 7.91. The van der Waals surface area contributed by atoms with E-state index in [1.165, 1.54) is 12.2 Å². The van der Waals surface area contributed by atoms with Crippen molar-refractivity contribution in [3.8, 4) is 17.6 Å². The second-order valence-electron chi connectivity index (χ2n) is 4.47. The van der Waals surface area contributed by atoms with Crippen molar-refractivity contribution < 1.29 is 4.74 Å². The fourth-order valence-electron chi connectivity index (χ4n) is 1.44. The third kappa shape index (κ3) is 7.15. The Morgan fingerprint density at radius 1 is 1.42 bits per heavy atom. The molecular weight excluding hydrogens is 254 g/mol. The molecule has 0 saturated carbocycles. The molecule has 2 nitrogen and oxygen atoms in total.